The van der Waals surface area contributed by atoms with Crippen molar-refractivity contribution in [2.24, 2.45) is 5.92 Å². The summed E-state index contributed by atoms with van der Waals surface area (Å²) in [4.78, 5) is 0. The van der Waals surface area contributed by atoms with Gasteiger partial charge in [-0.05, 0) is 32.7 Å². The highest BCUT2D eigenvalue weighted by Gasteiger charge is 2.32. The van der Waals surface area contributed by atoms with Gasteiger partial charge in [0.1, 0.15) is 0 Å². The molecular weight excluding hydrogens is 200 g/mol. The summed E-state index contributed by atoms with van der Waals surface area (Å²) < 4.78 is 2.15. The third-order valence-corrected chi connectivity index (χ3v) is 3.46. The number of aromatic nitrogens is 3. The fourth-order valence-corrected chi connectivity index (χ4v) is 1.99. The molecule has 0 aliphatic heterocycles. The average Bonchev–Trinajstić information content (AvgIpc) is 3.00. The molecule has 0 amide bonds. The molecule has 4 heteroatoms. The molecule has 1 N–H and O–H groups in total. The minimum atomic E-state index is 0.439. The molecular formula is C12H22N4. The highest BCUT2D eigenvalue weighted by Crippen LogP contribution is 2.42. The average molecular weight is 222 g/mol. The minimum Gasteiger partial charge on any atom is -0.314 e. The van der Waals surface area contributed by atoms with Gasteiger partial charge >= 0.3 is 0 Å². The lowest BCUT2D eigenvalue weighted by atomic mass is 10.1. The SMILES string of the molecule is CNCc1nnn(C(C)C(C)C)c1C1CC1. The molecule has 2 rings (SSSR count). The number of hydrogen-bond acceptors (Lipinski definition) is 3. The molecule has 1 fully saturated rings. The Hall–Kier alpha value is -0.900. The van der Waals surface area contributed by atoms with Crippen LogP contribution in [0.5, 0.6) is 0 Å². The van der Waals surface area contributed by atoms with Gasteiger partial charge in [-0.2, -0.15) is 0 Å². The lowest BCUT2D eigenvalue weighted by Gasteiger charge is -2.18. The zero-order valence-corrected chi connectivity index (χ0v) is 10.7. The van der Waals surface area contributed by atoms with Crippen LogP contribution in [0.4, 0.5) is 0 Å². The van der Waals surface area contributed by atoms with E-state index in [4.69, 9.17) is 0 Å². The van der Waals surface area contributed by atoms with Crippen LogP contribution < -0.4 is 5.32 Å². The van der Waals surface area contributed by atoms with Crippen molar-refractivity contribution >= 4 is 0 Å². The van der Waals surface area contributed by atoms with E-state index >= 15 is 0 Å². The summed E-state index contributed by atoms with van der Waals surface area (Å²) in [6, 6.07) is 0.439. The Kier molecular flexibility index (Phi) is 3.28. The van der Waals surface area contributed by atoms with Crippen LogP contribution in [0.15, 0.2) is 0 Å². The number of nitrogens with one attached hydrogen (secondary N) is 1. The van der Waals surface area contributed by atoms with Crippen molar-refractivity contribution in [3.8, 4) is 0 Å². The van der Waals surface area contributed by atoms with Crippen LogP contribution in [0, 0.1) is 5.92 Å². The standard InChI is InChI=1S/C12H22N4/c1-8(2)9(3)16-12(10-5-6-10)11(7-13-4)14-15-16/h8-10,13H,5-7H2,1-4H3. The van der Waals surface area contributed by atoms with Gasteiger partial charge < -0.3 is 5.32 Å². The van der Waals surface area contributed by atoms with Crippen molar-refractivity contribution in [1.29, 1.82) is 0 Å². The highest BCUT2D eigenvalue weighted by atomic mass is 15.4. The number of hydrogen-bond donors (Lipinski definition) is 1. The monoisotopic (exact) mass is 222 g/mol. The van der Waals surface area contributed by atoms with Crippen molar-refractivity contribution < 1.29 is 0 Å². The topological polar surface area (TPSA) is 42.7 Å². The van der Waals surface area contributed by atoms with Crippen LogP contribution in [0.1, 0.15) is 57.0 Å². The van der Waals surface area contributed by atoms with Crippen molar-refractivity contribution in [2.75, 3.05) is 7.05 Å². The molecule has 1 aliphatic rings. The van der Waals surface area contributed by atoms with Crippen LogP contribution >= 0.6 is 0 Å². The van der Waals surface area contributed by atoms with Crippen molar-refractivity contribution in [3.05, 3.63) is 11.4 Å². The molecule has 0 radical (unpaired) electrons. The zero-order chi connectivity index (χ0) is 11.7. The van der Waals surface area contributed by atoms with Gasteiger partial charge in [0.25, 0.3) is 0 Å². The summed E-state index contributed by atoms with van der Waals surface area (Å²) in [5.74, 6) is 1.31. The molecule has 16 heavy (non-hydrogen) atoms. The van der Waals surface area contributed by atoms with E-state index in [2.05, 4.69) is 41.1 Å². The van der Waals surface area contributed by atoms with Gasteiger partial charge in [-0.1, -0.05) is 19.1 Å². The molecule has 1 saturated carbocycles. The Morgan fingerprint density at radius 3 is 2.56 bits per heavy atom. The molecule has 0 aromatic carbocycles. The van der Waals surface area contributed by atoms with Gasteiger partial charge in [-0.15, -0.1) is 5.10 Å². The quantitative estimate of drug-likeness (QED) is 0.829. The van der Waals surface area contributed by atoms with E-state index in [1.165, 1.54) is 18.5 Å². The van der Waals surface area contributed by atoms with E-state index in [-0.39, 0.29) is 0 Å². The molecule has 1 atom stereocenters. The Labute approximate surface area is 97.4 Å². The summed E-state index contributed by atoms with van der Waals surface area (Å²) in [5, 5.41) is 11.8. The molecule has 1 heterocycles. The molecule has 0 saturated heterocycles. The first-order valence-corrected chi connectivity index (χ1v) is 6.23. The van der Waals surface area contributed by atoms with E-state index in [9.17, 15) is 0 Å². The van der Waals surface area contributed by atoms with Gasteiger partial charge in [-0.25, -0.2) is 4.68 Å². The Balaban J connectivity index is 2.30. The highest BCUT2D eigenvalue weighted by molar-refractivity contribution is 5.21. The largest absolute Gasteiger partial charge is 0.314 e. The van der Waals surface area contributed by atoms with E-state index in [1.807, 2.05) is 7.05 Å². The summed E-state index contributed by atoms with van der Waals surface area (Å²) >= 11 is 0. The third kappa shape index (κ3) is 2.12. The van der Waals surface area contributed by atoms with E-state index < -0.39 is 0 Å². The molecule has 90 valence electrons. The second kappa shape index (κ2) is 4.53. The molecule has 4 nitrogen and oxygen atoms in total. The van der Waals surface area contributed by atoms with Gasteiger partial charge in [0.2, 0.25) is 0 Å². The normalized spacial score (nSPS) is 18.1. The maximum absolute atomic E-state index is 4.34. The summed E-state index contributed by atoms with van der Waals surface area (Å²) in [5.41, 5.74) is 2.51. The lowest BCUT2D eigenvalue weighted by Crippen LogP contribution is -2.16. The van der Waals surface area contributed by atoms with Gasteiger partial charge in [0.15, 0.2) is 0 Å². The minimum absolute atomic E-state index is 0.439. The fraction of sp³-hybridized carbons (Fsp3) is 0.833. The van der Waals surface area contributed by atoms with Crippen LogP contribution in [0.3, 0.4) is 0 Å². The molecule has 1 aromatic rings. The molecule has 1 unspecified atom stereocenters. The molecule has 0 spiro atoms. The van der Waals surface area contributed by atoms with Crippen molar-refractivity contribution in [2.45, 2.75) is 52.1 Å². The Bertz CT molecular complexity index is 352. The number of nitrogens with zero attached hydrogens (tertiary/aromatic N) is 3. The zero-order valence-electron chi connectivity index (χ0n) is 10.7. The maximum Gasteiger partial charge on any atom is 0.0999 e. The second-order valence-corrected chi connectivity index (χ2v) is 5.16. The first-order valence-electron chi connectivity index (χ1n) is 6.23. The maximum atomic E-state index is 4.34. The first kappa shape index (κ1) is 11.6. The molecule has 1 aromatic heterocycles. The summed E-state index contributed by atoms with van der Waals surface area (Å²) in [7, 11) is 1.96. The lowest BCUT2D eigenvalue weighted by molar-refractivity contribution is 0.358. The number of rotatable bonds is 5. The van der Waals surface area contributed by atoms with Crippen LogP contribution in [-0.2, 0) is 6.54 Å². The molecule has 1 aliphatic carbocycles. The molecule has 0 bridgehead atoms. The smallest absolute Gasteiger partial charge is 0.0999 e. The van der Waals surface area contributed by atoms with E-state index in [0.717, 1.165) is 12.2 Å². The van der Waals surface area contributed by atoms with Gasteiger partial charge in [0.05, 0.1) is 17.4 Å². The van der Waals surface area contributed by atoms with Gasteiger partial charge in [-0.3, -0.25) is 0 Å². The van der Waals surface area contributed by atoms with Crippen LogP contribution in [0.25, 0.3) is 0 Å². The summed E-state index contributed by atoms with van der Waals surface area (Å²) in [6.07, 6.45) is 2.60. The third-order valence-electron chi connectivity index (χ3n) is 3.46. The van der Waals surface area contributed by atoms with Crippen molar-refractivity contribution in [1.82, 2.24) is 20.3 Å². The van der Waals surface area contributed by atoms with E-state index in [1.54, 1.807) is 0 Å². The summed E-state index contributed by atoms with van der Waals surface area (Å²) in [6.45, 7) is 7.53. The van der Waals surface area contributed by atoms with E-state index in [0.29, 0.717) is 17.9 Å². The van der Waals surface area contributed by atoms with Crippen LogP contribution in [0.2, 0.25) is 0 Å². The predicted octanol–water partition coefficient (Wildman–Crippen LogP) is 2.09. The second-order valence-electron chi connectivity index (χ2n) is 5.16. The fourth-order valence-electron chi connectivity index (χ4n) is 1.99. The first-order chi connectivity index (χ1) is 7.65. The van der Waals surface area contributed by atoms with Gasteiger partial charge in [0, 0.05) is 12.5 Å². The Morgan fingerprint density at radius 2 is 2.06 bits per heavy atom. The van der Waals surface area contributed by atoms with Crippen LogP contribution in [-0.4, -0.2) is 22.0 Å². The Morgan fingerprint density at radius 1 is 1.38 bits per heavy atom. The van der Waals surface area contributed by atoms with Crippen molar-refractivity contribution in [3.63, 3.8) is 0 Å². The predicted molar refractivity (Wildman–Crippen MR) is 64.3 cm³/mol.